The third-order valence-corrected chi connectivity index (χ3v) is 5.31. The smallest absolute Gasteiger partial charge is 0.318 e. The van der Waals surface area contributed by atoms with E-state index in [9.17, 15) is 9.90 Å². The molecule has 0 bridgehead atoms. The quantitative estimate of drug-likeness (QED) is 0.895. The van der Waals surface area contributed by atoms with E-state index in [0.29, 0.717) is 0 Å². The average Bonchev–Trinajstić information content (AvgIpc) is 3.15. The van der Waals surface area contributed by atoms with Crippen molar-refractivity contribution >= 4 is 11.7 Å². The standard InChI is InChI=1S/C21H25NO3/c1-15-14-17(22-12-4-5-13-22)8-11-19(15)21(2,20(23)24)16-6-9-18(25-3)10-7-16/h6-11,14H,4-5,12-13H2,1-3H3,(H,23,24). The lowest BCUT2D eigenvalue weighted by molar-refractivity contribution is -0.141. The number of methoxy groups -OCH3 is 1. The molecule has 0 spiro atoms. The number of rotatable bonds is 5. The summed E-state index contributed by atoms with van der Waals surface area (Å²) in [6.07, 6.45) is 2.44. The Labute approximate surface area is 149 Å². The molecule has 0 aliphatic carbocycles. The van der Waals surface area contributed by atoms with Crippen LogP contribution in [0.3, 0.4) is 0 Å². The first-order chi connectivity index (χ1) is 12.0. The first kappa shape index (κ1) is 17.3. The molecule has 25 heavy (non-hydrogen) atoms. The van der Waals surface area contributed by atoms with Crippen LogP contribution < -0.4 is 9.64 Å². The van der Waals surface area contributed by atoms with Gasteiger partial charge in [-0.15, -0.1) is 0 Å². The SMILES string of the molecule is COc1ccc(C(C)(C(=O)O)c2ccc(N3CCCC3)cc2C)cc1. The highest BCUT2D eigenvalue weighted by molar-refractivity contribution is 5.86. The van der Waals surface area contributed by atoms with Crippen molar-refractivity contribution in [3.05, 3.63) is 59.2 Å². The molecule has 1 aliphatic heterocycles. The molecule has 1 N–H and O–H groups in total. The Balaban J connectivity index is 2.03. The summed E-state index contributed by atoms with van der Waals surface area (Å²) in [4.78, 5) is 14.6. The van der Waals surface area contributed by atoms with Crippen molar-refractivity contribution in [1.29, 1.82) is 0 Å². The molecule has 1 heterocycles. The van der Waals surface area contributed by atoms with Crippen LogP contribution in [0.4, 0.5) is 5.69 Å². The normalized spacial score (nSPS) is 16.5. The molecule has 2 aromatic carbocycles. The third kappa shape index (κ3) is 3.09. The highest BCUT2D eigenvalue weighted by atomic mass is 16.5. The molecule has 1 atom stereocenters. The maximum Gasteiger partial charge on any atom is 0.318 e. The van der Waals surface area contributed by atoms with Crippen LogP contribution in [0.15, 0.2) is 42.5 Å². The minimum atomic E-state index is -1.10. The van der Waals surface area contributed by atoms with E-state index in [1.54, 1.807) is 14.0 Å². The van der Waals surface area contributed by atoms with Crippen LogP contribution in [0.1, 0.15) is 36.5 Å². The molecule has 1 fully saturated rings. The van der Waals surface area contributed by atoms with Gasteiger partial charge in [-0.1, -0.05) is 18.2 Å². The number of hydrogen-bond donors (Lipinski definition) is 1. The van der Waals surface area contributed by atoms with Gasteiger partial charge in [-0.2, -0.15) is 0 Å². The predicted molar refractivity (Wildman–Crippen MR) is 99.7 cm³/mol. The minimum Gasteiger partial charge on any atom is -0.497 e. The van der Waals surface area contributed by atoms with Crippen LogP contribution in [0.5, 0.6) is 5.75 Å². The molecule has 0 aromatic heterocycles. The molecule has 0 saturated carbocycles. The van der Waals surface area contributed by atoms with E-state index in [-0.39, 0.29) is 0 Å². The number of carboxylic acid groups (broad SMARTS) is 1. The molecule has 4 nitrogen and oxygen atoms in total. The van der Waals surface area contributed by atoms with Crippen molar-refractivity contribution in [3.63, 3.8) is 0 Å². The highest BCUT2D eigenvalue weighted by Gasteiger charge is 2.38. The highest BCUT2D eigenvalue weighted by Crippen LogP contribution is 2.37. The van der Waals surface area contributed by atoms with Gasteiger partial charge in [0.2, 0.25) is 0 Å². The fourth-order valence-corrected chi connectivity index (χ4v) is 3.70. The van der Waals surface area contributed by atoms with Crippen molar-refractivity contribution in [2.75, 3.05) is 25.1 Å². The van der Waals surface area contributed by atoms with Crippen LogP contribution >= 0.6 is 0 Å². The Morgan fingerprint density at radius 2 is 1.76 bits per heavy atom. The lowest BCUT2D eigenvalue weighted by atomic mass is 9.74. The summed E-state index contributed by atoms with van der Waals surface area (Å²) in [5.74, 6) is -0.132. The molecule has 1 saturated heterocycles. The first-order valence-corrected chi connectivity index (χ1v) is 8.71. The van der Waals surface area contributed by atoms with Crippen LogP contribution in [0.2, 0.25) is 0 Å². The van der Waals surface area contributed by atoms with Gasteiger partial charge in [0.15, 0.2) is 0 Å². The minimum absolute atomic E-state index is 0.720. The zero-order valence-corrected chi connectivity index (χ0v) is 15.1. The topological polar surface area (TPSA) is 49.8 Å². The monoisotopic (exact) mass is 339 g/mol. The van der Waals surface area contributed by atoms with E-state index >= 15 is 0 Å². The summed E-state index contributed by atoms with van der Waals surface area (Å²) in [7, 11) is 1.60. The fourth-order valence-electron chi connectivity index (χ4n) is 3.70. The Morgan fingerprint density at radius 3 is 2.28 bits per heavy atom. The number of anilines is 1. The predicted octanol–water partition coefficient (Wildman–Crippen LogP) is 3.99. The Morgan fingerprint density at radius 1 is 1.12 bits per heavy atom. The van der Waals surface area contributed by atoms with Gasteiger partial charge in [0.05, 0.1) is 7.11 Å². The number of carboxylic acids is 1. The first-order valence-electron chi connectivity index (χ1n) is 8.71. The van der Waals surface area contributed by atoms with Crippen molar-refractivity contribution < 1.29 is 14.6 Å². The second kappa shape index (κ2) is 6.79. The van der Waals surface area contributed by atoms with Gasteiger partial charge in [0, 0.05) is 18.8 Å². The van der Waals surface area contributed by atoms with E-state index in [1.165, 1.54) is 18.5 Å². The lowest BCUT2D eigenvalue weighted by Gasteiger charge is -2.29. The number of benzene rings is 2. The van der Waals surface area contributed by atoms with E-state index < -0.39 is 11.4 Å². The summed E-state index contributed by atoms with van der Waals surface area (Å²) in [5.41, 5.74) is 2.66. The van der Waals surface area contributed by atoms with Gasteiger partial charge in [-0.25, -0.2) is 0 Å². The number of hydrogen-bond acceptors (Lipinski definition) is 3. The van der Waals surface area contributed by atoms with E-state index in [1.807, 2.05) is 37.3 Å². The zero-order chi connectivity index (χ0) is 18.0. The van der Waals surface area contributed by atoms with Gasteiger partial charge >= 0.3 is 5.97 Å². The summed E-state index contributed by atoms with van der Waals surface area (Å²) >= 11 is 0. The second-order valence-corrected chi connectivity index (χ2v) is 6.85. The van der Waals surface area contributed by atoms with Crippen LogP contribution in [-0.4, -0.2) is 31.3 Å². The zero-order valence-electron chi connectivity index (χ0n) is 15.1. The van der Waals surface area contributed by atoms with Crippen LogP contribution in [0.25, 0.3) is 0 Å². The van der Waals surface area contributed by atoms with Crippen LogP contribution in [-0.2, 0) is 10.2 Å². The molecule has 3 rings (SSSR count). The summed E-state index contributed by atoms with van der Waals surface area (Å²) in [6.45, 7) is 5.93. The van der Waals surface area contributed by atoms with Gasteiger partial charge in [0.25, 0.3) is 0 Å². The number of nitrogens with zero attached hydrogens (tertiary/aromatic N) is 1. The molecule has 0 radical (unpaired) electrons. The maximum absolute atomic E-state index is 12.2. The van der Waals surface area contributed by atoms with Crippen molar-refractivity contribution in [3.8, 4) is 5.75 Å². The number of carbonyl (C=O) groups is 1. The molecular weight excluding hydrogens is 314 g/mol. The summed E-state index contributed by atoms with van der Waals surface area (Å²) in [6, 6.07) is 13.4. The molecule has 132 valence electrons. The number of aryl methyl sites for hydroxylation is 1. The third-order valence-electron chi connectivity index (χ3n) is 5.31. The van der Waals surface area contributed by atoms with Crippen molar-refractivity contribution in [2.24, 2.45) is 0 Å². The molecule has 1 unspecified atom stereocenters. The molecule has 0 amide bonds. The molecule has 4 heteroatoms. The van der Waals surface area contributed by atoms with Gasteiger partial charge < -0.3 is 14.7 Å². The largest absolute Gasteiger partial charge is 0.497 e. The number of aliphatic carboxylic acids is 1. The summed E-state index contributed by atoms with van der Waals surface area (Å²) < 4.78 is 5.19. The lowest BCUT2D eigenvalue weighted by Crippen LogP contribution is -2.34. The Hall–Kier alpha value is -2.49. The van der Waals surface area contributed by atoms with E-state index in [0.717, 1.165) is 35.5 Å². The fraction of sp³-hybridized carbons (Fsp3) is 0.381. The molecular formula is C21H25NO3. The van der Waals surface area contributed by atoms with Gasteiger partial charge in [-0.3, -0.25) is 4.79 Å². The molecule has 1 aliphatic rings. The van der Waals surface area contributed by atoms with E-state index in [2.05, 4.69) is 17.0 Å². The van der Waals surface area contributed by atoms with Gasteiger partial charge in [0.1, 0.15) is 11.2 Å². The summed E-state index contributed by atoms with van der Waals surface area (Å²) in [5, 5.41) is 10.0. The van der Waals surface area contributed by atoms with Crippen LogP contribution in [0, 0.1) is 6.92 Å². The second-order valence-electron chi connectivity index (χ2n) is 6.85. The average molecular weight is 339 g/mol. The van der Waals surface area contributed by atoms with Crippen molar-refractivity contribution in [2.45, 2.75) is 32.1 Å². The van der Waals surface area contributed by atoms with Gasteiger partial charge in [-0.05, 0) is 67.6 Å². The van der Waals surface area contributed by atoms with Crippen molar-refractivity contribution in [1.82, 2.24) is 0 Å². The molecule has 2 aromatic rings. The Kier molecular flexibility index (Phi) is 4.71. The van der Waals surface area contributed by atoms with E-state index in [4.69, 9.17) is 4.74 Å². The maximum atomic E-state index is 12.2. The number of ether oxygens (including phenoxy) is 1. The Bertz CT molecular complexity index is 763.